The Morgan fingerprint density at radius 3 is 2.86 bits per heavy atom. The molecule has 1 atom stereocenters. The first-order chi connectivity index (χ1) is 10.2. The molecule has 1 fully saturated rings. The zero-order valence-corrected chi connectivity index (χ0v) is 12.8. The highest BCUT2D eigenvalue weighted by molar-refractivity contribution is 5.77. The molecule has 1 aliphatic rings. The van der Waals surface area contributed by atoms with Gasteiger partial charge in [-0.2, -0.15) is 0 Å². The summed E-state index contributed by atoms with van der Waals surface area (Å²) in [6.07, 6.45) is 0.796. The second kappa shape index (κ2) is 8.00. The van der Waals surface area contributed by atoms with Crippen molar-refractivity contribution in [2.24, 2.45) is 5.73 Å². The lowest BCUT2D eigenvalue weighted by molar-refractivity contribution is -0.0220. The van der Waals surface area contributed by atoms with Crippen LogP contribution in [-0.2, 0) is 4.74 Å². The van der Waals surface area contributed by atoms with Crippen LogP contribution in [0.1, 0.15) is 13.3 Å². The first-order valence-corrected chi connectivity index (χ1v) is 7.66. The van der Waals surface area contributed by atoms with Crippen LogP contribution in [0.5, 0.6) is 0 Å². The van der Waals surface area contributed by atoms with Crippen LogP contribution < -0.4 is 10.6 Å². The number of ether oxygens (including phenoxy) is 1. The number of amidine groups is 1. The first-order valence-electron chi connectivity index (χ1n) is 7.66. The van der Waals surface area contributed by atoms with Crippen LogP contribution in [0.25, 0.3) is 0 Å². The van der Waals surface area contributed by atoms with Crippen molar-refractivity contribution in [2.45, 2.75) is 19.4 Å². The number of benzene rings is 1. The lowest BCUT2D eigenvalue weighted by Gasteiger charge is -2.36. The number of hydrogen-bond acceptors (Lipinski definition) is 4. The number of anilines is 1. The van der Waals surface area contributed by atoms with E-state index in [1.54, 1.807) is 0 Å². The maximum atomic E-state index is 7.44. The maximum Gasteiger partial charge on any atom is 0.0923 e. The predicted octanol–water partition coefficient (Wildman–Crippen LogP) is 1.54. The van der Waals surface area contributed by atoms with Gasteiger partial charge in [-0.15, -0.1) is 0 Å². The minimum atomic E-state index is 0.214. The minimum Gasteiger partial charge on any atom is -0.388 e. The largest absolute Gasteiger partial charge is 0.388 e. The number of nitrogens with two attached hydrogens (primary N) is 1. The zero-order chi connectivity index (χ0) is 15.1. The summed E-state index contributed by atoms with van der Waals surface area (Å²) in [6.45, 7) is 7.64. The van der Waals surface area contributed by atoms with E-state index in [2.05, 4.69) is 28.9 Å². The molecule has 116 valence electrons. The van der Waals surface area contributed by atoms with Crippen molar-refractivity contribution >= 4 is 11.5 Å². The second-order valence-corrected chi connectivity index (χ2v) is 5.44. The molecule has 5 heteroatoms. The molecular formula is C16H26N4O. The fourth-order valence-corrected chi connectivity index (χ4v) is 2.64. The van der Waals surface area contributed by atoms with E-state index in [-0.39, 0.29) is 11.9 Å². The molecule has 0 aromatic heterocycles. The van der Waals surface area contributed by atoms with Crippen molar-refractivity contribution in [1.82, 2.24) is 4.90 Å². The number of para-hydroxylation sites is 1. The van der Waals surface area contributed by atoms with Crippen molar-refractivity contribution < 1.29 is 4.74 Å². The molecule has 0 radical (unpaired) electrons. The molecule has 0 bridgehead atoms. The molecule has 21 heavy (non-hydrogen) atoms. The van der Waals surface area contributed by atoms with E-state index < -0.39 is 0 Å². The van der Waals surface area contributed by atoms with E-state index >= 15 is 0 Å². The van der Waals surface area contributed by atoms with Crippen LogP contribution in [0.2, 0.25) is 0 Å². The molecule has 0 aliphatic carbocycles. The summed E-state index contributed by atoms with van der Waals surface area (Å²) >= 11 is 0. The van der Waals surface area contributed by atoms with Gasteiger partial charge in [0.2, 0.25) is 0 Å². The highest BCUT2D eigenvalue weighted by atomic mass is 16.5. The lowest BCUT2D eigenvalue weighted by atomic mass is 10.2. The topological polar surface area (TPSA) is 65.6 Å². The van der Waals surface area contributed by atoms with Crippen LogP contribution in [-0.4, -0.2) is 56.2 Å². The molecule has 1 aromatic rings. The van der Waals surface area contributed by atoms with Crippen LogP contribution in [0.4, 0.5) is 5.69 Å². The molecular weight excluding hydrogens is 264 g/mol. The highest BCUT2D eigenvalue weighted by Crippen LogP contribution is 2.16. The van der Waals surface area contributed by atoms with Crippen LogP contribution in [0.15, 0.2) is 30.3 Å². The van der Waals surface area contributed by atoms with Gasteiger partial charge in [-0.05, 0) is 18.7 Å². The van der Waals surface area contributed by atoms with Gasteiger partial charge in [0.15, 0.2) is 0 Å². The Hall–Kier alpha value is -1.59. The number of likely N-dealkylation sites (N-methyl/N-ethyl adjacent to an activating group) is 1. The first kappa shape index (κ1) is 15.8. The summed E-state index contributed by atoms with van der Waals surface area (Å²) in [7, 11) is 0. The van der Waals surface area contributed by atoms with E-state index in [0.717, 1.165) is 45.0 Å². The Morgan fingerprint density at radius 1 is 1.43 bits per heavy atom. The smallest absolute Gasteiger partial charge is 0.0923 e. The molecule has 5 nitrogen and oxygen atoms in total. The van der Waals surface area contributed by atoms with Gasteiger partial charge in [-0.1, -0.05) is 25.1 Å². The highest BCUT2D eigenvalue weighted by Gasteiger charge is 2.22. The summed E-state index contributed by atoms with van der Waals surface area (Å²) in [6, 6.07) is 10.3. The molecule has 1 unspecified atom stereocenters. The quantitative estimate of drug-likeness (QED) is 0.590. The summed E-state index contributed by atoms with van der Waals surface area (Å²) in [5, 5.41) is 7.44. The number of hydrogen-bond donors (Lipinski definition) is 2. The van der Waals surface area contributed by atoms with Crippen molar-refractivity contribution in [3.05, 3.63) is 30.3 Å². The van der Waals surface area contributed by atoms with E-state index in [0.29, 0.717) is 6.42 Å². The summed E-state index contributed by atoms with van der Waals surface area (Å²) in [5.74, 6) is 0.232. The third kappa shape index (κ3) is 5.02. The van der Waals surface area contributed by atoms with Gasteiger partial charge < -0.3 is 15.4 Å². The Kier molecular flexibility index (Phi) is 6.02. The molecule has 0 spiro atoms. The number of nitrogens with one attached hydrogen (secondary N) is 1. The van der Waals surface area contributed by atoms with Crippen LogP contribution >= 0.6 is 0 Å². The van der Waals surface area contributed by atoms with E-state index in [1.807, 2.05) is 18.2 Å². The summed E-state index contributed by atoms with van der Waals surface area (Å²) in [5.41, 5.74) is 6.68. The van der Waals surface area contributed by atoms with Crippen molar-refractivity contribution in [3.63, 3.8) is 0 Å². The van der Waals surface area contributed by atoms with Gasteiger partial charge in [0.05, 0.1) is 18.5 Å². The third-order valence-corrected chi connectivity index (χ3v) is 3.87. The SMILES string of the molecule is CCN1CCOC(CN(CCC(=N)N)c2ccccc2)C1. The van der Waals surface area contributed by atoms with Crippen molar-refractivity contribution in [3.8, 4) is 0 Å². The molecule has 0 saturated carbocycles. The van der Waals surface area contributed by atoms with Gasteiger partial charge in [0.25, 0.3) is 0 Å². The molecule has 2 rings (SSSR count). The normalized spacial score (nSPS) is 19.4. The average Bonchev–Trinajstić information content (AvgIpc) is 2.52. The number of nitrogens with zero attached hydrogens (tertiary/aromatic N) is 2. The maximum absolute atomic E-state index is 7.44. The average molecular weight is 290 g/mol. The van der Waals surface area contributed by atoms with E-state index in [1.165, 1.54) is 0 Å². The molecule has 3 N–H and O–H groups in total. The van der Waals surface area contributed by atoms with Gasteiger partial charge in [-0.25, -0.2) is 0 Å². The van der Waals surface area contributed by atoms with Crippen molar-refractivity contribution in [2.75, 3.05) is 44.2 Å². The van der Waals surface area contributed by atoms with Crippen LogP contribution in [0.3, 0.4) is 0 Å². The van der Waals surface area contributed by atoms with E-state index in [4.69, 9.17) is 15.9 Å². The zero-order valence-electron chi connectivity index (χ0n) is 12.8. The van der Waals surface area contributed by atoms with Crippen LogP contribution in [0, 0.1) is 5.41 Å². The molecule has 1 aromatic carbocycles. The molecule has 0 amide bonds. The monoisotopic (exact) mass is 290 g/mol. The summed E-state index contributed by atoms with van der Waals surface area (Å²) in [4.78, 5) is 4.69. The lowest BCUT2D eigenvalue weighted by Crippen LogP contribution is -2.48. The minimum absolute atomic E-state index is 0.214. The molecule has 1 aliphatic heterocycles. The van der Waals surface area contributed by atoms with Crippen molar-refractivity contribution in [1.29, 1.82) is 5.41 Å². The Balaban J connectivity index is 1.99. The molecule has 1 saturated heterocycles. The molecule has 1 heterocycles. The fraction of sp³-hybridized carbons (Fsp3) is 0.562. The second-order valence-electron chi connectivity index (χ2n) is 5.44. The Labute approximate surface area is 127 Å². The number of morpholine rings is 1. The Morgan fingerprint density at radius 2 is 2.19 bits per heavy atom. The van der Waals surface area contributed by atoms with E-state index in [9.17, 15) is 0 Å². The fourth-order valence-electron chi connectivity index (χ4n) is 2.64. The standard InChI is InChI=1S/C16H26N4O/c1-2-19-10-11-21-15(12-19)13-20(9-8-16(17)18)14-6-4-3-5-7-14/h3-7,15H,2,8-13H2,1H3,(H3,17,18). The third-order valence-electron chi connectivity index (χ3n) is 3.87. The summed E-state index contributed by atoms with van der Waals surface area (Å²) < 4.78 is 5.90. The van der Waals surface area contributed by atoms with Gasteiger partial charge in [0, 0.05) is 38.3 Å². The predicted molar refractivity (Wildman–Crippen MR) is 87.0 cm³/mol. The Bertz CT molecular complexity index is 437. The number of rotatable bonds is 7. The van der Waals surface area contributed by atoms with Gasteiger partial charge in [0.1, 0.15) is 0 Å². The van der Waals surface area contributed by atoms with Gasteiger partial charge in [-0.3, -0.25) is 10.3 Å². The van der Waals surface area contributed by atoms with Gasteiger partial charge >= 0.3 is 0 Å².